The highest BCUT2D eigenvalue weighted by Crippen LogP contribution is 2.37. The Kier molecular flexibility index (Phi) is 13.6. The second-order valence-electron chi connectivity index (χ2n) is 7.33. The Balaban J connectivity index is 3.01. The fourth-order valence-electron chi connectivity index (χ4n) is 3.14. The van der Waals surface area contributed by atoms with Crippen molar-refractivity contribution in [3.05, 3.63) is 0 Å². The van der Waals surface area contributed by atoms with E-state index < -0.39 is 34.5 Å². The molecule has 0 aromatic heterocycles. The largest absolute Gasteiger partial charge is 0.460 e. The first-order valence-corrected chi connectivity index (χ1v) is 14.4. The molecule has 0 bridgehead atoms. The first kappa shape index (κ1) is 30.7. The van der Waals surface area contributed by atoms with Gasteiger partial charge >= 0.3 is 11.9 Å². The van der Waals surface area contributed by atoms with Gasteiger partial charge in [-0.3, -0.25) is 0 Å². The van der Waals surface area contributed by atoms with E-state index in [-0.39, 0.29) is 31.3 Å². The highest BCUT2D eigenvalue weighted by atomic mass is 80.0. The summed E-state index contributed by atoms with van der Waals surface area (Å²) < 4.78 is 20.2. The molecule has 7 nitrogen and oxygen atoms in total. The number of carbonyl (C=O) groups excluding carboxylic acids is 2. The number of hydrogen-bond acceptors (Lipinski definition) is 7. The molecule has 0 radical (unpaired) electrons. The van der Waals surface area contributed by atoms with E-state index in [9.17, 15) is 14.7 Å². The predicted octanol–water partition coefficient (Wildman–Crippen LogP) is 5.97. The highest BCUT2D eigenvalue weighted by Gasteiger charge is 2.38. The zero-order valence-corrected chi connectivity index (χ0v) is 26.7. The minimum absolute atomic E-state index is 0.000867. The van der Waals surface area contributed by atoms with E-state index in [1.165, 1.54) is 0 Å². The lowest BCUT2D eigenvalue weighted by atomic mass is 9.97. The van der Waals surface area contributed by atoms with E-state index in [1.807, 2.05) is 20.8 Å². The van der Waals surface area contributed by atoms with Crippen molar-refractivity contribution in [2.45, 2.75) is 94.0 Å². The molecule has 1 aliphatic rings. The van der Waals surface area contributed by atoms with Crippen LogP contribution in [0.3, 0.4) is 0 Å². The maximum atomic E-state index is 12.5. The SMILES string of the molecule is CCC(O)CC(CC(CC1CC(C)OC(C)O1)OC(=O)C(Br)(Br)Br)OC(=O)C(Br)(Br)Br. The third-order valence-electron chi connectivity index (χ3n) is 4.47. The van der Waals surface area contributed by atoms with Gasteiger partial charge in [-0.1, -0.05) is 6.92 Å². The van der Waals surface area contributed by atoms with Gasteiger partial charge in [-0.15, -0.1) is 0 Å². The molecule has 1 fully saturated rings. The maximum absolute atomic E-state index is 12.5. The summed E-state index contributed by atoms with van der Waals surface area (Å²) in [4.78, 5) is 24.8. The fourth-order valence-corrected chi connectivity index (χ4v) is 3.70. The van der Waals surface area contributed by atoms with E-state index in [0.717, 1.165) is 0 Å². The molecule has 31 heavy (non-hydrogen) atoms. The summed E-state index contributed by atoms with van der Waals surface area (Å²) in [6.07, 6.45) is -0.705. The average Bonchev–Trinajstić information content (AvgIpc) is 2.58. The molecule has 1 rings (SSSR count). The van der Waals surface area contributed by atoms with Gasteiger partial charge in [0.05, 0.1) is 18.3 Å². The lowest BCUT2D eigenvalue weighted by Crippen LogP contribution is -2.40. The lowest BCUT2D eigenvalue weighted by Gasteiger charge is -2.35. The summed E-state index contributed by atoms with van der Waals surface area (Å²) in [5.74, 6) is -1.21. The number of esters is 2. The molecule has 0 spiro atoms. The van der Waals surface area contributed by atoms with Crippen molar-refractivity contribution in [2.75, 3.05) is 0 Å². The Labute approximate surface area is 233 Å². The molecule has 6 unspecified atom stereocenters. The number of rotatable bonds is 9. The third kappa shape index (κ3) is 12.3. The Bertz CT molecular complexity index is 585. The van der Waals surface area contributed by atoms with Gasteiger partial charge in [0.25, 0.3) is 0 Å². The van der Waals surface area contributed by atoms with Gasteiger partial charge in [0.2, 0.25) is 4.29 Å². The maximum Gasteiger partial charge on any atom is 0.345 e. The van der Waals surface area contributed by atoms with Crippen molar-refractivity contribution in [3.8, 4) is 0 Å². The van der Waals surface area contributed by atoms with Crippen LogP contribution in [0.5, 0.6) is 0 Å². The van der Waals surface area contributed by atoms with Crippen LogP contribution in [0.4, 0.5) is 0 Å². The van der Waals surface area contributed by atoms with Crippen molar-refractivity contribution in [2.24, 2.45) is 0 Å². The van der Waals surface area contributed by atoms with E-state index in [0.29, 0.717) is 19.3 Å². The number of ether oxygens (including phenoxy) is 4. The van der Waals surface area contributed by atoms with E-state index >= 15 is 0 Å². The normalized spacial score (nSPS) is 25.4. The van der Waals surface area contributed by atoms with E-state index in [2.05, 4.69) is 95.6 Å². The Morgan fingerprint density at radius 2 is 1.48 bits per heavy atom. The Morgan fingerprint density at radius 3 is 1.94 bits per heavy atom. The van der Waals surface area contributed by atoms with E-state index in [1.54, 1.807) is 0 Å². The molecule has 6 atom stereocenters. The summed E-state index contributed by atoms with van der Waals surface area (Å²) in [7, 11) is 0. The molecule has 1 N–H and O–H groups in total. The smallest absolute Gasteiger partial charge is 0.345 e. The van der Waals surface area contributed by atoms with Crippen LogP contribution < -0.4 is 0 Å². The summed E-state index contributed by atoms with van der Waals surface area (Å²) in [5, 5.41) is 10.2. The van der Waals surface area contributed by atoms with Crippen LogP contribution >= 0.6 is 95.6 Å². The molecule has 1 aliphatic heterocycles. The van der Waals surface area contributed by atoms with Gasteiger partial charge in [0, 0.05) is 19.3 Å². The molecule has 182 valence electrons. The van der Waals surface area contributed by atoms with Crippen molar-refractivity contribution >= 4 is 108 Å². The molecule has 0 aromatic rings. The summed E-state index contributed by atoms with van der Waals surface area (Å²) in [5.41, 5.74) is 0. The van der Waals surface area contributed by atoms with Crippen LogP contribution in [0, 0.1) is 0 Å². The topological polar surface area (TPSA) is 91.3 Å². The van der Waals surface area contributed by atoms with Crippen molar-refractivity contribution < 1.29 is 33.6 Å². The third-order valence-corrected chi connectivity index (χ3v) is 6.41. The quantitative estimate of drug-likeness (QED) is 0.227. The molecule has 1 saturated heterocycles. The number of halogens is 6. The zero-order chi connectivity index (χ0) is 24.0. The molecule has 13 heteroatoms. The summed E-state index contributed by atoms with van der Waals surface area (Å²) >= 11 is 18.9. The molecule has 1 heterocycles. The Morgan fingerprint density at radius 1 is 0.968 bits per heavy atom. The fraction of sp³-hybridized carbons (Fsp3) is 0.889. The van der Waals surface area contributed by atoms with Crippen LogP contribution in [-0.2, 0) is 28.5 Å². The van der Waals surface area contributed by atoms with Crippen LogP contribution in [0.2, 0.25) is 0 Å². The molecule has 0 saturated carbocycles. The predicted molar refractivity (Wildman–Crippen MR) is 138 cm³/mol. The van der Waals surface area contributed by atoms with Crippen LogP contribution in [0.1, 0.15) is 52.9 Å². The number of carbonyl (C=O) groups is 2. The summed E-state index contributed by atoms with van der Waals surface area (Å²) in [6, 6.07) is 0. The second-order valence-corrected chi connectivity index (χ2v) is 20.8. The molecule has 0 aromatic carbocycles. The van der Waals surface area contributed by atoms with Gasteiger partial charge in [-0.05, 0) is 122 Å². The second kappa shape index (κ2) is 13.7. The molecule has 0 amide bonds. The monoisotopic (exact) mass is 828 g/mol. The number of hydrogen-bond donors (Lipinski definition) is 1. The van der Waals surface area contributed by atoms with Crippen LogP contribution in [0.15, 0.2) is 0 Å². The van der Waals surface area contributed by atoms with Crippen LogP contribution in [0.25, 0.3) is 0 Å². The minimum Gasteiger partial charge on any atom is -0.460 e. The zero-order valence-electron chi connectivity index (χ0n) is 17.2. The first-order chi connectivity index (χ1) is 14.1. The van der Waals surface area contributed by atoms with Crippen molar-refractivity contribution in [1.82, 2.24) is 0 Å². The number of alkyl halides is 6. The van der Waals surface area contributed by atoms with Gasteiger partial charge in [0.15, 0.2) is 6.29 Å². The van der Waals surface area contributed by atoms with Gasteiger partial charge in [-0.2, -0.15) is 0 Å². The van der Waals surface area contributed by atoms with E-state index in [4.69, 9.17) is 18.9 Å². The first-order valence-electron chi connectivity index (χ1n) is 9.66. The average molecular weight is 834 g/mol. The molecular formula is C18H26Br6O7. The molecular weight excluding hydrogens is 808 g/mol. The van der Waals surface area contributed by atoms with Crippen molar-refractivity contribution in [1.29, 1.82) is 0 Å². The molecule has 0 aliphatic carbocycles. The summed E-state index contributed by atoms with van der Waals surface area (Å²) in [6.45, 7) is 5.60. The Hall–Kier alpha value is 1.70. The van der Waals surface area contributed by atoms with Gasteiger partial charge in [0.1, 0.15) is 12.2 Å². The van der Waals surface area contributed by atoms with Crippen LogP contribution in [-0.4, -0.2) is 58.1 Å². The number of aliphatic hydroxyl groups is 1. The van der Waals surface area contributed by atoms with Gasteiger partial charge < -0.3 is 24.1 Å². The number of aliphatic hydroxyl groups excluding tert-OH is 1. The standard InChI is InChI=1S/C18H26Br6O7/c1-4-11(25)6-13(30-15(26)17(19,20)21)8-14(31-16(27)18(22,23)24)7-12-5-9(2)28-10(3)29-12/h9-14,25H,4-8H2,1-3H3. The van der Waals surface area contributed by atoms with Gasteiger partial charge in [-0.25, -0.2) is 9.59 Å². The minimum atomic E-state index is -1.25. The lowest BCUT2D eigenvalue weighted by molar-refractivity contribution is -0.235. The van der Waals surface area contributed by atoms with Crippen molar-refractivity contribution in [3.63, 3.8) is 0 Å². The highest BCUT2D eigenvalue weighted by molar-refractivity contribution is 9.40.